The third-order valence-electron chi connectivity index (χ3n) is 4.55. The van der Waals surface area contributed by atoms with Crippen LogP contribution in [0.5, 0.6) is 5.75 Å². The Bertz CT molecular complexity index is 859. The zero-order valence-corrected chi connectivity index (χ0v) is 19.1. The van der Waals surface area contributed by atoms with Crippen molar-refractivity contribution in [2.75, 3.05) is 6.61 Å². The van der Waals surface area contributed by atoms with E-state index >= 15 is 0 Å². The molecule has 0 saturated heterocycles. The maximum Gasteiger partial charge on any atom is 0.261 e. The van der Waals surface area contributed by atoms with Crippen LogP contribution in [-0.4, -0.2) is 34.9 Å². The minimum atomic E-state index is -0.604. The first-order chi connectivity index (χ1) is 14.1. The summed E-state index contributed by atoms with van der Waals surface area (Å²) in [6.07, 6.45) is 0.492. The van der Waals surface area contributed by atoms with E-state index in [2.05, 4.69) is 5.32 Å². The quantitative estimate of drug-likeness (QED) is 0.657. The number of nitrogens with one attached hydrogen (secondary N) is 1. The number of hydrogen-bond acceptors (Lipinski definition) is 3. The largest absolute Gasteiger partial charge is 0.482 e. The van der Waals surface area contributed by atoms with E-state index in [-0.39, 0.29) is 18.4 Å². The molecule has 1 atom stereocenters. The maximum absolute atomic E-state index is 13.1. The molecule has 5 nitrogen and oxygen atoms in total. The number of benzene rings is 2. The minimum absolute atomic E-state index is 0.178. The summed E-state index contributed by atoms with van der Waals surface area (Å²) in [5.41, 5.74) is 1.70. The van der Waals surface area contributed by atoms with E-state index in [4.69, 9.17) is 16.3 Å². The van der Waals surface area contributed by atoms with Crippen molar-refractivity contribution >= 4 is 23.4 Å². The molecule has 0 bridgehead atoms. The third-order valence-corrected chi connectivity index (χ3v) is 4.86. The van der Waals surface area contributed by atoms with Gasteiger partial charge >= 0.3 is 0 Å². The lowest BCUT2D eigenvalue weighted by molar-refractivity contribution is -0.143. The van der Waals surface area contributed by atoms with Crippen LogP contribution in [0.3, 0.4) is 0 Å². The Kier molecular flexibility index (Phi) is 8.30. The molecule has 1 unspecified atom stereocenters. The van der Waals surface area contributed by atoms with Crippen molar-refractivity contribution in [3.63, 3.8) is 0 Å². The molecule has 0 aliphatic rings. The molecule has 6 heteroatoms. The summed E-state index contributed by atoms with van der Waals surface area (Å²) < 4.78 is 5.66. The third kappa shape index (κ3) is 7.06. The average molecular weight is 431 g/mol. The van der Waals surface area contributed by atoms with Crippen molar-refractivity contribution in [3.05, 3.63) is 64.7 Å². The molecule has 2 aromatic rings. The lowest BCUT2D eigenvalue weighted by atomic mass is 10.1. The number of carbonyl (C=O) groups is 2. The van der Waals surface area contributed by atoms with E-state index in [9.17, 15) is 9.59 Å². The molecule has 0 fully saturated rings. The van der Waals surface area contributed by atoms with Crippen LogP contribution < -0.4 is 10.1 Å². The fourth-order valence-corrected chi connectivity index (χ4v) is 3.24. The van der Waals surface area contributed by atoms with Gasteiger partial charge in [-0.25, -0.2) is 0 Å². The zero-order valence-electron chi connectivity index (χ0n) is 18.4. The van der Waals surface area contributed by atoms with Crippen LogP contribution in [0.1, 0.15) is 45.2 Å². The van der Waals surface area contributed by atoms with Crippen LogP contribution >= 0.6 is 11.6 Å². The van der Waals surface area contributed by atoms with E-state index in [1.807, 2.05) is 58.9 Å². The van der Waals surface area contributed by atoms with Gasteiger partial charge in [0.15, 0.2) is 6.61 Å². The topological polar surface area (TPSA) is 58.6 Å². The molecule has 1 N–H and O–H groups in total. The molecule has 0 aromatic heterocycles. The highest BCUT2D eigenvalue weighted by Crippen LogP contribution is 2.23. The number of hydrogen-bond donors (Lipinski definition) is 1. The van der Waals surface area contributed by atoms with E-state index in [0.29, 0.717) is 23.7 Å². The molecule has 0 aliphatic carbocycles. The molecule has 30 heavy (non-hydrogen) atoms. The van der Waals surface area contributed by atoms with Crippen molar-refractivity contribution in [2.45, 2.75) is 59.2 Å². The lowest BCUT2D eigenvalue weighted by Crippen LogP contribution is -2.54. The SMILES string of the molecule is CCC(C(=O)NC(C)(C)C)N(Cc1ccc(C)cc1)C(=O)COc1ccccc1Cl. The number of para-hydroxylation sites is 1. The molecule has 2 amide bonds. The Hall–Kier alpha value is -2.53. The van der Waals surface area contributed by atoms with Gasteiger partial charge in [0.25, 0.3) is 5.91 Å². The fraction of sp³-hybridized carbons (Fsp3) is 0.417. The smallest absolute Gasteiger partial charge is 0.261 e. The van der Waals surface area contributed by atoms with Gasteiger partial charge in [-0.2, -0.15) is 0 Å². The molecule has 2 rings (SSSR count). The normalized spacial score (nSPS) is 12.2. The Labute approximate surface area is 184 Å². The van der Waals surface area contributed by atoms with Gasteiger partial charge in [-0.3, -0.25) is 9.59 Å². The standard InChI is InChI=1S/C24H31ClN2O3/c1-6-20(23(29)26-24(3,4)5)27(15-18-13-11-17(2)12-14-18)22(28)16-30-21-10-8-7-9-19(21)25/h7-14,20H,6,15-16H2,1-5H3,(H,26,29). The number of aryl methyl sites for hydroxylation is 1. The predicted molar refractivity (Wildman–Crippen MR) is 121 cm³/mol. The number of rotatable bonds is 8. The van der Waals surface area contributed by atoms with Gasteiger partial charge in [0.1, 0.15) is 11.8 Å². The van der Waals surface area contributed by atoms with Crippen LogP contribution in [0.15, 0.2) is 48.5 Å². The van der Waals surface area contributed by atoms with Crippen molar-refractivity contribution in [1.29, 1.82) is 0 Å². The van der Waals surface area contributed by atoms with Crippen LogP contribution in [0.4, 0.5) is 0 Å². The van der Waals surface area contributed by atoms with E-state index in [1.54, 1.807) is 29.2 Å². The minimum Gasteiger partial charge on any atom is -0.482 e. The molecule has 0 heterocycles. The molecule has 2 aromatic carbocycles. The number of halogens is 1. The fourth-order valence-electron chi connectivity index (χ4n) is 3.05. The highest BCUT2D eigenvalue weighted by molar-refractivity contribution is 6.32. The van der Waals surface area contributed by atoms with Crippen molar-refractivity contribution in [3.8, 4) is 5.75 Å². The van der Waals surface area contributed by atoms with E-state index in [1.165, 1.54) is 0 Å². The number of carbonyl (C=O) groups excluding carboxylic acids is 2. The first-order valence-electron chi connectivity index (χ1n) is 10.1. The van der Waals surface area contributed by atoms with Gasteiger partial charge in [-0.1, -0.05) is 60.5 Å². The van der Waals surface area contributed by atoms with Crippen LogP contribution in [0.2, 0.25) is 5.02 Å². The second-order valence-electron chi connectivity index (χ2n) is 8.39. The number of amides is 2. The summed E-state index contributed by atoms with van der Waals surface area (Å²) in [5.74, 6) is -0.00963. The first-order valence-corrected chi connectivity index (χ1v) is 10.5. The molecule has 0 spiro atoms. The van der Waals surface area contributed by atoms with E-state index in [0.717, 1.165) is 11.1 Å². The molecular weight excluding hydrogens is 400 g/mol. The second kappa shape index (κ2) is 10.5. The Morgan fingerprint density at radius 1 is 1.10 bits per heavy atom. The molecule has 162 valence electrons. The number of ether oxygens (including phenoxy) is 1. The van der Waals surface area contributed by atoms with Gasteiger partial charge in [0.2, 0.25) is 5.91 Å². The van der Waals surface area contributed by atoms with Gasteiger partial charge in [-0.15, -0.1) is 0 Å². The predicted octanol–water partition coefficient (Wildman–Crippen LogP) is 4.75. The highest BCUT2D eigenvalue weighted by Gasteiger charge is 2.30. The van der Waals surface area contributed by atoms with Gasteiger partial charge in [-0.05, 0) is 51.8 Å². The maximum atomic E-state index is 13.1. The van der Waals surface area contributed by atoms with Crippen LogP contribution in [0.25, 0.3) is 0 Å². The van der Waals surface area contributed by atoms with Gasteiger partial charge in [0.05, 0.1) is 5.02 Å². The summed E-state index contributed by atoms with van der Waals surface area (Å²) in [5, 5.41) is 3.43. The van der Waals surface area contributed by atoms with Crippen LogP contribution in [-0.2, 0) is 16.1 Å². The molecule has 0 aliphatic heterocycles. The summed E-state index contributed by atoms with van der Waals surface area (Å²) in [4.78, 5) is 27.7. The zero-order chi connectivity index (χ0) is 22.3. The molecule has 0 saturated carbocycles. The Morgan fingerprint density at radius 2 is 1.73 bits per heavy atom. The monoisotopic (exact) mass is 430 g/mol. The summed E-state index contributed by atoms with van der Waals surface area (Å²) in [6.45, 7) is 9.79. The van der Waals surface area contributed by atoms with Crippen LogP contribution in [0, 0.1) is 6.92 Å². The average Bonchev–Trinajstić information content (AvgIpc) is 2.67. The van der Waals surface area contributed by atoms with Crippen molar-refractivity contribution in [2.24, 2.45) is 0 Å². The first kappa shape index (κ1) is 23.7. The Morgan fingerprint density at radius 3 is 2.30 bits per heavy atom. The van der Waals surface area contributed by atoms with Crippen molar-refractivity contribution in [1.82, 2.24) is 10.2 Å². The summed E-state index contributed by atoms with van der Waals surface area (Å²) in [6, 6.07) is 14.3. The van der Waals surface area contributed by atoms with Gasteiger partial charge < -0.3 is 15.0 Å². The van der Waals surface area contributed by atoms with E-state index < -0.39 is 11.6 Å². The number of nitrogens with zero attached hydrogens (tertiary/aromatic N) is 1. The lowest BCUT2D eigenvalue weighted by Gasteiger charge is -2.33. The summed E-state index contributed by atoms with van der Waals surface area (Å²) in [7, 11) is 0. The molecule has 0 radical (unpaired) electrons. The molecular formula is C24H31ClN2O3. The van der Waals surface area contributed by atoms with Crippen molar-refractivity contribution < 1.29 is 14.3 Å². The Balaban J connectivity index is 2.24. The van der Waals surface area contributed by atoms with Gasteiger partial charge in [0, 0.05) is 12.1 Å². The summed E-state index contributed by atoms with van der Waals surface area (Å²) >= 11 is 6.13. The second-order valence-corrected chi connectivity index (χ2v) is 8.80. The highest BCUT2D eigenvalue weighted by atomic mass is 35.5.